The monoisotopic (exact) mass is 480 g/mol. The van der Waals surface area contributed by atoms with Crippen molar-refractivity contribution in [3.8, 4) is 11.8 Å². The molecule has 0 saturated heterocycles. The van der Waals surface area contributed by atoms with Crippen molar-refractivity contribution in [1.29, 1.82) is 0 Å². The Bertz CT molecular complexity index is 1030. The van der Waals surface area contributed by atoms with Crippen LogP contribution in [0.5, 0.6) is 0 Å². The Morgan fingerprint density at radius 2 is 1.46 bits per heavy atom. The van der Waals surface area contributed by atoms with E-state index in [0.717, 1.165) is 22.4 Å². The predicted molar refractivity (Wildman–Crippen MR) is 132 cm³/mol. The highest BCUT2D eigenvalue weighted by Crippen LogP contribution is 2.26. The number of hydrogen-bond donors (Lipinski definition) is 2. The molecule has 1 aliphatic heterocycles. The first-order valence-electron chi connectivity index (χ1n) is 11.8. The Morgan fingerprint density at radius 1 is 0.829 bits per heavy atom. The fourth-order valence-corrected chi connectivity index (χ4v) is 3.52. The minimum atomic E-state index is -0.195. The zero-order chi connectivity index (χ0) is 24.7. The number of carbonyl (C=O) groups excluding carboxylic acids is 2. The van der Waals surface area contributed by atoms with Crippen molar-refractivity contribution < 1.29 is 28.9 Å². The smallest absolute Gasteiger partial charge is 0.227 e. The molecule has 2 aromatic rings. The van der Waals surface area contributed by atoms with Crippen molar-refractivity contribution in [1.82, 2.24) is 5.32 Å². The van der Waals surface area contributed by atoms with Gasteiger partial charge in [0.25, 0.3) is 0 Å². The summed E-state index contributed by atoms with van der Waals surface area (Å²) in [6.07, 6.45) is 0.199. The van der Waals surface area contributed by atoms with Crippen molar-refractivity contribution in [2.75, 3.05) is 57.7 Å². The molecule has 0 aliphatic carbocycles. The molecule has 8 nitrogen and oxygen atoms in total. The van der Waals surface area contributed by atoms with Crippen LogP contribution in [0.15, 0.2) is 48.5 Å². The van der Waals surface area contributed by atoms with Crippen LogP contribution < -0.4 is 10.2 Å². The Balaban J connectivity index is 1.39. The van der Waals surface area contributed by atoms with Gasteiger partial charge in [-0.25, -0.2) is 0 Å². The highest BCUT2D eigenvalue weighted by atomic mass is 16.5. The number of benzene rings is 2. The van der Waals surface area contributed by atoms with Crippen LogP contribution in [-0.4, -0.2) is 69.7 Å². The third-order valence-electron chi connectivity index (χ3n) is 5.29. The molecule has 0 bridgehead atoms. The van der Waals surface area contributed by atoms with Crippen LogP contribution in [0.2, 0.25) is 0 Å². The van der Waals surface area contributed by atoms with Gasteiger partial charge < -0.3 is 29.5 Å². The summed E-state index contributed by atoms with van der Waals surface area (Å²) in [4.78, 5) is 27.1. The number of para-hydroxylation sites is 1. The average Bonchev–Trinajstić information content (AvgIpc) is 2.87. The van der Waals surface area contributed by atoms with Gasteiger partial charge in [0.1, 0.15) is 0 Å². The molecule has 2 amide bonds. The van der Waals surface area contributed by atoms with Crippen LogP contribution in [0, 0.1) is 11.8 Å². The van der Waals surface area contributed by atoms with E-state index in [4.69, 9.17) is 19.3 Å². The maximum Gasteiger partial charge on any atom is 0.227 e. The topological polar surface area (TPSA) is 97.3 Å². The van der Waals surface area contributed by atoms with E-state index in [0.29, 0.717) is 52.7 Å². The number of carbonyl (C=O) groups is 2. The number of aliphatic hydroxyl groups is 1. The fourth-order valence-electron chi connectivity index (χ4n) is 3.52. The average molecular weight is 481 g/mol. The molecule has 3 rings (SSSR count). The molecule has 2 aromatic carbocycles. The molecule has 1 heterocycles. The summed E-state index contributed by atoms with van der Waals surface area (Å²) in [5.41, 5.74) is 3.43. The summed E-state index contributed by atoms with van der Waals surface area (Å²) in [6.45, 7) is 3.14. The summed E-state index contributed by atoms with van der Waals surface area (Å²) in [5.74, 6) is 6.06. The summed E-state index contributed by atoms with van der Waals surface area (Å²) in [5, 5.41) is 11.4. The van der Waals surface area contributed by atoms with Gasteiger partial charge in [0, 0.05) is 30.5 Å². The second kappa shape index (κ2) is 14.9. The third-order valence-corrected chi connectivity index (χ3v) is 5.29. The number of nitrogens with zero attached hydrogens (tertiary/aromatic N) is 1. The maximum absolute atomic E-state index is 13.1. The maximum atomic E-state index is 13.1. The molecule has 0 radical (unpaired) electrons. The number of anilines is 1. The molecular formula is C27H32N2O6. The Morgan fingerprint density at radius 3 is 2.23 bits per heavy atom. The number of amides is 2. The molecule has 1 aliphatic rings. The van der Waals surface area contributed by atoms with E-state index >= 15 is 0 Å². The third kappa shape index (κ3) is 8.81. The SMILES string of the molecule is O=C(CCC(=O)N1Cc2ccccc2C#Cc2ccccc21)NCCOCCOCCOCCO. The summed E-state index contributed by atoms with van der Waals surface area (Å²) >= 11 is 0. The summed E-state index contributed by atoms with van der Waals surface area (Å²) in [6, 6.07) is 15.4. The van der Waals surface area contributed by atoms with Gasteiger partial charge >= 0.3 is 0 Å². The molecule has 8 heteroatoms. The van der Waals surface area contributed by atoms with Gasteiger partial charge in [0.2, 0.25) is 11.8 Å². The van der Waals surface area contributed by atoms with Gasteiger partial charge in [-0.05, 0) is 23.8 Å². The largest absolute Gasteiger partial charge is 0.394 e. The second-order valence-electron chi connectivity index (χ2n) is 7.81. The summed E-state index contributed by atoms with van der Waals surface area (Å²) < 4.78 is 15.8. The van der Waals surface area contributed by atoms with Gasteiger partial charge in [0.15, 0.2) is 0 Å². The quantitative estimate of drug-likeness (QED) is 0.317. The molecule has 0 fully saturated rings. The van der Waals surface area contributed by atoms with Crippen LogP contribution in [0.25, 0.3) is 0 Å². The number of aliphatic hydroxyl groups excluding tert-OH is 1. The molecular weight excluding hydrogens is 448 g/mol. The zero-order valence-corrected chi connectivity index (χ0v) is 19.8. The van der Waals surface area contributed by atoms with Gasteiger partial charge in [-0.15, -0.1) is 0 Å². The van der Waals surface area contributed by atoms with E-state index in [1.54, 1.807) is 4.90 Å². The molecule has 0 unspecified atom stereocenters. The van der Waals surface area contributed by atoms with Crippen molar-refractivity contribution in [2.45, 2.75) is 19.4 Å². The van der Waals surface area contributed by atoms with E-state index in [2.05, 4.69) is 17.2 Å². The molecule has 0 spiro atoms. The number of ether oxygens (including phenoxy) is 3. The minimum absolute atomic E-state index is 0.00106. The number of rotatable bonds is 14. The summed E-state index contributed by atoms with van der Waals surface area (Å²) in [7, 11) is 0. The van der Waals surface area contributed by atoms with Crippen LogP contribution in [-0.2, 0) is 30.3 Å². The van der Waals surface area contributed by atoms with Crippen LogP contribution in [0.3, 0.4) is 0 Å². The lowest BCUT2D eigenvalue weighted by Gasteiger charge is -2.26. The second-order valence-corrected chi connectivity index (χ2v) is 7.81. The first kappa shape index (κ1) is 26.4. The highest BCUT2D eigenvalue weighted by Gasteiger charge is 2.21. The van der Waals surface area contributed by atoms with Crippen molar-refractivity contribution in [3.63, 3.8) is 0 Å². The van der Waals surface area contributed by atoms with Crippen LogP contribution >= 0.6 is 0 Å². The lowest BCUT2D eigenvalue weighted by molar-refractivity contribution is -0.125. The van der Waals surface area contributed by atoms with E-state index in [1.807, 2.05) is 48.5 Å². The first-order valence-corrected chi connectivity index (χ1v) is 11.8. The van der Waals surface area contributed by atoms with Crippen LogP contribution in [0.4, 0.5) is 5.69 Å². The van der Waals surface area contributed by atoms with Crippen LogP contribution in [0.1, 0.15) is 29.5 Å². The van der Waals surface area contributed by atoms with Crippen molar-refractivity contribution in [2.24, 2.45) is 0 Å². The first-order chi connectivity index (χ1) is 17.2. The number of fused-ring (bicyclic) bond motifs is 2. The predicted octanol–water partition coefficient (Wildman–Crippen LogP) is 1.87. The molecule has 186 valence electrons. The van der Waals surface area contributed by atoms with Crippen molar-refractivity contribution in [3.05, 3.63) is 65.2 Å². The van der Waals surface area contributed by atoms with E-state index < -0.39 is 0 Å². The van der Waals surface area contributed by atoms with E-state index in [-0.39, 0.29) is 31.3 Å². The lowest BCUT2D eigenvalue weighted by Crippen LogP contribution is -2.34. The fraction of sp³-hybridized carbons (Fsp3) is 0.407. The Labute approximate surface area is 206 Å². The molecule has 2 N–H and O–H groups in total. The molecule has 0 saturated carbocycles. The molecule has 0 aromatic heterocycles. The molecule has 0 atom stereocenters. The van der Waals surface area contributed by atoms with Gasteiger partial charge in [-0.2, -0.15) is 0 Å². The Hall–Kier alpha value is -3.22. The van der Waals surface area contributed by atoms with E-state index in [1.165, 1.54) is 0 Å². The normalized spacial score (nSPS) is 12.0. The van der Waals surface area contributed by atoms with E-state index in [9.17, 15) is 9.59 Å². The van der Waals surface area contributed by atoms with Gasteiger partial charge in [-0.1, -0.05) is 42.2 Å². The number of hydrogen-bond acceptors (Lipinski definition) is 6. The molecule has 35 heavy (non-hydrogen) atoms. The van der Waals surface area contributed by atoms with Gasteiger partial charge in [-0.3, -0.25) is 9.59 Å². The number of nitrogens with one attached hydrogen (secondary N) is 1. The van der Waals surface area contributed by atoms with Gasteiger partial charge in [0.05, 0.1) is 58.5 Å². The highest BCUT2D eigenvalue weighted by molar-refractivity contribution is 5.96. The lowest BCUT2D eigenvalue weighted by atomic mass is 10.0. The minimum Gasteiger partial charge on any atom is -0.394 e. The zero-order valence-electron chi connectivity index (χ0n) is 19.8. The Kier molecular flexibility index (Phi) is 11.2. The van der Waals surface area contributed by atoms with Crippen molar-refractivity contribution >= 4 is 17.5 Å². The standard InChI is InChI=1S/C27H32N2O6/c30-14-16-34-18-20-35-19-17-33-15-13-28-26(31)11-12-27(32)29-21-24-7-2-1-5-22(24)9-10-23-6-3-4-8-25(23)29/h1-8,30H,11-21H2,(H,28,31).